The Balaban J connectivity index is 1.91. The highest BCUT2D eigenvalue weighted by Crippen LogP contribution is 2.10. The monoisotopic (exact) mass is 304 g/mol. The van der Waals surface area contributed by atoms with Crippen LogP contribution in [0.5, 0.6) is 0 Å². The predicted octanol–water partition coefficient (Wildman–Crippen LogP) is 2.11. The van der Waals surface area contributed by atoms with Crippen LogP contribution in [0.2, 0.25) is 0 Å². The van der Waals surface area contributed by atoms with Gasteiger partial charge in [-0.15, -0.1) is 0 Å². The molecule has 0 radical (unpaired) electrons. The maximum Gasteiger partial charge on any atom is 0.323 e. The zero-order valence-electron chi connectivity index (χ0n) is 13.5. The number of carbonyl (C=O) groups is 2. The smallest absolute Gasteiger partial charge is 0.323 e. The molecular weight excluding hydrogens is 280 g/mol. The highest BCUT2D eigenvalue weighted by molar-refractivity contribution is 5.88. The van der Waals surface area contributed by atoms with Gasteiger partial charge in [-0.3, -0.25) is 10.1 Å². The number of rotatable bonds is 2. The summed E-state index contributed by atoms with van der Waals surface area (Å²) in [6, 6.07) is 3.54. The second kappa shape index (κ2) is 7.24. The third-order valence-electron chi connectivity index (χ3n) is 3.74. The van der Waals surface area contributed by atoms with Gasteiger partial charge in [0.15, 0.2) is 0 Å². The van der Waals surface area contributed by atoms with Gasteiger partial charge in [0.1, 0.15) is 5.82 Å². The van der Waals surface area contributed by atoms with Crippen LogP contribution in [0.25, 0.3) is 0 Å². The van der Waals surface area contributed by atoms with Gasteiger partial charge in [0.25, 0.3) is 0 Å². The molecule has 22 heavy (non-hydrogen) atoms. The fourth-order valence-electron chi connectivity index (χ4n) is 2.44. The first kappa shape index (κ1) is 16.3. The SMILES string of the molecule is Cc1ccc(NC(=O)N2CCCN(C(=O)C(C)C)CC2)nc1. The Morgan fingerprint density at radius 1 is 1.14 bits per heavy atom. The first-order valence-corrected chi connectivity index (χ1v) is 7.74. The fourth-order valence-corrected chi connectivity index (χ4v) is 2.44. The maximum atomic E-state index is 12.3. The summed E-state index contributed by atoms with van der Waals surface area (Å²) >= 11 is 0. The summed E-state index contributed by atoms with van der Waals surface area (Å²) in [6.07, 6.45) is 2.52. The number of nitrogens with zero attached hydrogens (tertiary/aromatic N) is 3. The van der Waals surface area contributed by atoms with Crippen molar-refractivity contribution in [2.24, 2.45) is 5.92 Å². The van der Waals surface area contributed by atoms with Crippen LogP contribution >= 0.6 is 0 Å². The van der Waals surface area contributed by atoms with Crippen LogP contribution in [0.4, 0.5) is 10.6 Å². The largest absolute Gasteiger partial charge is 0.341 e. The fraction of sp³-hybridized carbons (Fsp3) is 0.562. The molecule has 1 fully saturated rings. The Hall–Kier alpha value is -2.11. The molecule has 120 valence electrons. The number of hydrogen-bond donors (Lipinski definition) is 1. The zero-order chi connectivity index (χ0) is 16.1. The van der Waals surface area contributed by atoms with Gasteiger partial charge >= 0.3 is 6.03 Å². The highest BCUT2D eigenvalue weighted by Gasteiger charge is 2.23. The first-order valence-electron chi connectivity index (χ1n) is 7.74. The van der Waals surface area contributed by atoms with Crippen LogP contribution in [0, 0.1) is 12.8 Å². The number of hydrogen-bond acceptors (Lipinski definition) is 3. The van der Waals surface area contributed by atoms with E-state index in [1.165, 1.54) is 0 Å². The Morgan fingerprint density at radius 3 is 2.45 bits per heavy atom. The molecule has 1 aromatic rings. The van der Waals surface area contributed by atoms with Crippen molar-refractivity contribution in [3.8, 4) is 0 Å². The molecule has 1 aromatic heterocycles. The minimum absolute atomic E-state index is 0.00265. The second-order valence-electron chi connectivity index (χ2n) is 5.97. The van der Waals surface area contributed by atoms with Crippen molar-refractivity contribution in [3.05, 3.63) is 23.9 Å². The molecule has 1 N–H and O–H groups in total. The molecule has 1 saturated heterocycles. The van der Waals surface area contributed by atoms with Crippen LogP contribution in [0.15, 0.2) is 18.3 Å². The van der Waals surface area contributed by atoms with Crippen LogP contribution in [-0.2, 0) is 4.79 Å². The lowest BCUT2D eigenvalue weighted by atomic mass is 10.2. The molecule has 0 aromatic carbocycles. The number of urea groups is 1. The first-order chi connectivity index (χ1) is 10.5. The van der Waals surface area contributed by atoms with E-state index in [2.05, 4.69) is 10.3 Å². The van der Waals surface area contributed by atoms with E-state index in [0.717, 1.165) is 12.0 Å². The van der Waals surface area contributed by atoms with E-state index in [-0.39, 0.29) is 17.9 Å². The molecule has 0 bridgehead atoms. The van der Waals surface area contributed by atoms with Gasteiger partial charge in [0, 0.05) is 38.3 Å². The number of pyridine rings is 1. The lowest BCUT2D eigenvalue weighted by Gasteiger charge is -2.23. The van der Waals surface area contributed by atoms with Crippen LogP contribution in [0.3, 0.4) is 0 Å². The van der Waals surface area contributed by atoms with Gasteiger partial charge in [-0.05, 0) is 25.0 Å². The molecule has 3 amide bonds. The molecule has 0 atom stereocenters. The number of carbonyl (C=O) groups excluding carboxylic acids is 2. The Kier molecular flexibility index (Phi) is 5.35. The van der Waals surface area contributed by atoms with Crippen molar-refractivity contribution in [2.45, 2.75) is 27.2 Å². The molecular formula is C16H24N4O2. The van der Waals surface area contributed by atoms with Crippen molar-refractivity contribution in [1.82, 2.24) is 14.8 Å². The number of anilines is 1. The lowest BCUT2D eigenvalue weighted by Crippen LogP contribution is -2.40. The summed E-state index contributed by atoms with van der Waals surface area (Å²) in [5.74, 6) is 0.703. The van der Waals surface area contributed by atoms with E-state index in [9.17, 15) is 9.59 Å². The Morgan fingerprint density at radius 2 is 1.82 bits per heavy atom. The molecule has 0 saturated carbocycles. The summed E-state index contributed by atoms with van der Waals surface area (Å²) in [4.78, 5) is 32.1. The van der Waals surface area contributed by atoms with Crippen molar-refractivity contribution in [2.75, 3.05) is 31.5 Å². The molecule has 6 nitrogen and oxygen atoms in total. The summed E-state index contributed by atoms with van der Waals surface area (Å²) in [5.41, 5.74) is 1.05. The second-order valence-corrected chi connectivity index (χ2v) is 5.97. The van der Waals surface area contributed by atoms with E-state index in [1.807, 2.05) is 31.7 Å². The minimum Gasteiger partial charge on any atom is -0.341 e. The topological polar surface area (TPSA) is 65.5 Å². The van der Waals surface area contributed by atoms with E-state index in [4.69, 9.17) is 0 Å². The number of aryl methyl sites for hydroxylation is 1. The molecule has 0 unspecified atom stereocenters. The summed E-state index contributed by atoms with van der Waals surface area (Å²) in [6.45, 7) is 8.26. The van der Waals surface area contributed by atoms with Crippen molar-refractivity contribution < 1.29 is 9.59 Å². The quantitative estimate of drug-likeness (QED) is 0.910. The zero-order valence-corrected chi connectivity index (χ0v) is 13.5. The predicted molar refractivity (Wildman–Crippen MR) is 85.6 cm³/mol. The minimum atomic E-state index is -0.157. The standard InChI is InChI=1S/C16H24N4O2/c1-12(2)15(21)19-7-4-8-20(10-9-19)16(22)18-14-6-5-13(3)11-17-14/h5-6,11-12H,4,7-10H2,1-3H3,(H,17,18,22). The van der Waals surface area contributed by atoms with Crippen molar-refractivity contribution in [1.29, 1.82) is 0 Å². The van der Waals surface area contributed by atoms with Gasteiger partial charge in [-0.1, -0.05) is 19.9 Å². The van der Waals surface area contributed by atoms with Crippen LogP contribution in [0.1, 0.15) is 25.8 Å². The summed E-state index contributed by atoms with van der Waals surface area (Å²) in [5, 5.41) is 2.81. The van der Waals surface area contributed by atoms with Gasteiger partial charge in [0.2, 0.25) is 5.91 Å². The van der Waals surface area contributed by atoms with E-state index in [0.29, 0.717) is 32.0 Å². The average molecular weight is 304 g/mol. The average Bonchev–Trinajstić information content (AvgIpc) is 2.74. The molecule has 6 heteroatoms. The summed E-state index contributed by atoms with van der Waals surface area (Å²) < 4.78 is 0. The third kappa shape index (κ3) is 4.19. The number of nitrogens with one attached hydrogen (secondary N) is 1. The third-order valence-corrected chi connectivity index (χ3v) is 3.74. The van der Waals surface area contributed by atoms with Crippen LogP contribution in [-0.4, -0.2) is 52.9 Å². The van der Waals surface area contributed by atoms with Gasteiger partial charge in [-0.25, -0.2) is 9.78 Å². The number of aromatic nitrogens is 1. The molecule has 2 rings (SSSR count). The van der Waals surface area contributed by atoms with E-state index >= 15 is 0 Å². The van der Waals surface area contributed by atoms with Gasteiger partial charge < -0.3 is 9.80 Å². The Labute approximate surface area is 131 Å². The van der Waals surface area contributed by atoms with Gasteiger partial charge in [-0.2, -0.15) is 0 Å². The summed E-state index contributed by atoms with van der Waals surface area (Å²) in [7, 11) is 0. The Bertz CT molecular complexity index is 527. The normalized spacial score (nSPS) is 15.6. The molecule has 0 aliphatic carbocycles. The van der Waals surface area contributed by atoms with E-state index < -0.39 is 0 Å². The van der Waals surface area contributed by atoms with Crippen molar-refractivity contribution >= 4 is 17.8 Å². The maximum absolute atomic E-state index is 12.3. The molecule has 0 spiro atoms. The molecule has 2 heterocycles. The molecule has 1 aliphatic rings. The molecule has 1 aliphatic heterocycles. The highest BCUT2D eigenvalue weighted by atomic mass is 16.2. The van der Waals surface area contributed by atoms with Crippen molar-refractivity contribution in [3.63, 3.8) is 0 Å². The van der Waals surface area contributed by atoms with Crippen LogP contribution < -0.4 is 5.32 Å². The number of amides is 3. The lowest BCUT2D eigenvalue weighted by molar-refractivity contribution is -0.134. The van der Waals surface area contributed by atoms with E-state index in [1.54, 1.807) is 17.2 Å². The van der Waals surface area contributed by atoms with Gasteiger partial charge in [0.05, 0.1) is 0 Å².